The highest BCUT2D eigenvalue weighted by Crippen LogP contribution is 2.14. The van der Waals surface area contributed by atoms with Crippen molar-refractivity contribution >= 4 is 11.9 Å². The van der Waals surface area contributed by atoms with Gasteiger partial charge in [-0.2, -0.15) is 0 Å². The van der Waals surface area contributed by atoms with Crippen LogP contribution in [0.3, 0.4) is 0 Å². The minimum Gasteiger partial charge on any atom is -0.478 e. The third kappa shape index (κ3) is 2.27. The van der Waals surface area contributed by atoms with Gasteiger partial charge in [0.15, 0.2) is 0 Å². The van der Waals surface area contributed by atoms with E-state index in [0.717, 1.165) is 25.9 Å². The van der Waals surface area contributed by atoms with Crippen molar-refractivity contribution in [2.45, 2.75) is 18.9 Å². The predicted octanol–water partition coefficient (Wildman–Crippen LogP) is 0.102. The van der Waals surface area contributed by atoms with E-state index in [1.54, 1.807) is 0 Å². The largest absolute Gasteiger partial charge is 0.478 e. The Morgan fingerprint density at radius 3 is 2.75 bits per heavy atom. The van der Waals surface area contributed by atoms with E-state index in [0.29, 0.717) is 5.95 Å². The van der Waals surface area contributed by atoms with Crippen LogP contribution in [0.25, 0.3) is 0 Å². The predicted molar refractivity (Wildman–Crippen MR) is 58.4 cm³/mol. The highest BCUT2D eigenvalue weighted by molar-refractivity contribution is 5.86. The Balaban J connectivity index is 2.11. The summed E-state index contributed by atoms with van der Waals surface area (Å²) >= 11 is 0. The topological polar surface area (TPSA) is 92.3 Å². The molecule has 1 aliphatic heterocycles. The SMILES string of the molecule is NC1CCCN(c2ncc(C(=O)O)cn2)C1. The van der Waals surface area contributed by atoms with Crippen LogP contribution in [0, 0.1) is 0 Å². The Bertz CT molecular complexity index is 379. The van der Waals surface area contributed by atoms with Crippen LogP contribution >= 0.6 is 0 Å². The molecule has 1 unspecified atom stereocenters. The highest BCUT2D eigenvalue weighted by atomic mass is 16.4. The molecule has 1 atom stereocenters. The van der Waals surface area contributed by atoms with Crippen molar-refractivity contribution < 1.29 is 9.90 Å². The average molecular weight is 222 g/mol. The number of carboxylic acid groups (broad SMARTS) is 1. The Kier molecular flexibility index (Phi) is 3.00. The summed E-state index contributed by atoms with van der Waals surface area (Å²) in [6.45, 7) is 1.60. The number of aromatic carboxylic acids is 1. The summed E-state index contributed by atoms with van der Waals surface area (Å²) < 4.78 is 0. The molecule has 0 aliphatic carbocycles. The summed E-state index contributed by atoms with van der Waals surface area (Å²) in [7, 11) is 0. The molecule has 0 radical (unpaired) electrons. The lowest BCUT2D eigenvalue weighted by atomic mass is 10.1. The lowest BCUT2D eigenvalue weighted by molar-refractivity contribution is 0.0696. The first-order valence-electron chi connectivity index (χ1n) is 5.22. The fourth-order valence-corrected chi connectivity index (χ4v) is 1.79. The first kappa shape index (κ1) is 10.8. The zero-order valence-electron chi connectivity index (χ0n) is 8.83. The summed E-state index contributed by atoms with van der Waals surface area (Å²) in [5, 5.41) is 8.71. The highest BCUT2D eigenvalue weighted by Gasteiger charge is 2.18. The molecule has 2 heterocycles. The van der Waals surface area contributed by atoms with E-state index in [1.165, 1.54) is 12.4 Å². The summed E-state index contributed by atoms with van der Waals surface area (Å²) in [6.07, 6.45) is 4.69. The molecular weight excluding hydrogens is 208 g/mol. The van der Waals surface area contributed by atoms with Gasteiger partial charge in [-0.25, -0.2) is 14.8 Å². The maximum atomic E-state index is 10.6. The molecular formula is C10H14N4O2. The third-order valence-electron chi connectivity index (χ3n) is 2.63. The molecule has 86 valence electrons. The van der Waals surface area contributed by atoms with Gasteiger partial charge in [0.2, 0.25) is 5.95 Å². The van der Waals surface area contributed by atoms with Crippen LogP contribution in [-0.4, -0.2) is 40.2 Å². The van der Waals surface area contributed by atoms with Crippen molar-refractivity contribution in [1.29, 1.82) is 0 Å². The van der Waals surface area contributed by atoms with Crippen LogP contribution in [0.2, 0.25) is 0 Å². The molecule has 3 N–H and O–H groups in total. The van der Waals surface area contributed by atoms with Gasteiger partial charge in [-0.3, -0.25) is 0 Å². The number of carboxylic acids is 1. The minimum atomic E-state index is -1.01. The molecule has 0 spiro atoms. The van der Waals surface area contributed by atoms with Crippen molar-refractivity contribution in [1.82, 2.24) is 9.97 Å². The van der Waals surface area contributed by atoms with Gasteiger partial charge < -0.3 is 15.7 Å². The lowest BCUT2D eigenvalue weighted by Crippen LogP contribution is -2.43. The number of aromatic nitrogens is 2. The van der Waals surface area contributed by atoms with Gasteiger partial charge in [0.05, 0.1) is 5.56 Å². The summed E-state index contributed by atoms with van der Waals surface area (Å²) in [4.78, 5) is 20.7. The van der Waals surface area contributed by atoms with E-state index in [9.17, 15) is 4.79 Å². The van der Waals surface area contributed by atoms with Crippen LogP contribution in [-0.2, 0) is 0 Å². The van der Waals surface area contributed by atoms with Crippen LogP contribution in [0.15, 0.2) is 12.4 Å². The van der Waals surface area contributed by atoms with Gasteiger partial charge in [-0.15, -0.1) is 0 Å². The number of anilines is 1. The lowest BCUT2D eigenvalue weighted by Gasteiger charge is -2.30. The first-order valence-corrected chi connectivity index (χ1v) is 5.22. The molecule has 0 amide bonds. The molecule has 16 heavy (non-hydrogen) atoms. The number of nitrogens with two attached hydrogens (primary N) is 1. The zero-order chi connectivity index (χ0) is 11.5. The van der Waals surface area contributed by atoms with Crippen LogP contribution in [0.5, 0.6) is 0 Å². The number of carbonyl (C=O) groups is 1. The molecule has 0 saturated carbocycles. The Labute approximate surface area is 93.1 Å². The van der Waals surface area contributed by atoms with Crippen molar-refractivity contribution in [3.63, 3.8) is 0 Å². The van der Waals surface area contributed by atoms with Crippen molar-refractivity contribution in [2.24, 2.45) is 5.73 Å². The normalized spacial score (nSPS) is 20.8. The first-order chi connectivity index (χ1) is 7.66. The number of hydrogen-bond acceptors (Lipinski definition) is 5. The molecule has 1 saturated heterocycles. The Morgan fingerprint density at radius 1 is 1.50 bits per heavy atom. The molecule has 1 fully saturated rings. The minimum absolute atomic E-state index is 0.102. The fourth-order valence-electron chi connectivity index (χ4n) is 1.79. The van der Waals surface area contributed by atoms with E-state index in [2.05, 4.69) is 9.97 Å². The van der Waals surface area contributed by atoms with Crippen LogP contribution in [0.1, 0.15) is 23.2 Å². The number of hydrogen-bond donors (Lipinski definition) is 2. The number of piperidine rings is 1. The van der Waals surface area contributed by atoms with E-state index >= 15 is 0 Å². The average Bonchev–Trinajstić information content (AvgIpc) is 2.29. The van der Waals surface area contributed by atoms with E-state index in [-0.39, 0.29) is 11.6 Å². The monoisotopic (exact) mass is 222 g/mol. The van der Waals surface area contributed by atoms with Crippen molar-refractivity contribution in [2.75, 3.05) is 18.0 Å². The van der Waals surface area contributed by atoms with Crippen LogP contribution < -0.4 is 10.6 Å². The van der Waals surface area contributed by atoms with Gasteiger partial charge in [0.25, 0.3) is 0 Å². The smallest absolute Gasteiger partial charge is 0.338 e. The maximum absolute atomic E-state index is 10.6. The van der Waals surface area contributed by atoms with Gasteiger partial charge in [0, 0.05) is 31.5 Å². The molecule has 6 nitrogen and oxygen atoms in total. The van der Waals surface area contributed by atoms with Gasteiger partial charge in [-0.1, -0.05) is 0 Å². The van der Waals surface area contributed by atoms with Crippen molar-refractivity contribution in [3.8, 4) is 0 Å². The van der Waals surface area contributed by atoms with Gasteiger partial charge >= 0.3 is 5.97 Å². The third-order valence-corrected chi connectivity index (χ3v) is 2.63. The molecule has 2 rings (SSSR count). The Morgan fingerprint density at radius 2 is 2.19 bits per heavy atom. The quantitative estimate of drug-likeness (QED) is 0.737. The summed E-state index contributed by atoms with van der Waals surface area (Å²) in [5.74, 6) is -0.456. The second-order valence-electron chi connectivity index (χ2n) is 3.93. The van der Waals surface area contributed by atoms with E-state index < -0.39 is 5.97 Å². The Hall–Kier alpha value is -1.69. The zero-order valence-corrected chi connectivity index (χ0v) is 8.83. The standard InChI is InChI=1S/C10H14N4O2/c11-8-2-1-3-14(6-8)10-12-4-7(5-13-10)9(15)16/h4-5,8H,1-3,6,11H2,(H,15,16). The molecule has 6 heteroatoms. The van der Waals surface area contributed by atoms with E-state index in [1.807, 2.05) is 4.90 Å². The number of rotatable bonds is 2. The molecule has 1 aromatic rings. The summed E-state index contributed by atoms with van der Waals surface area (Å²) in [6, 6.07) is 0.150. The molecule has 1 aliphatic rings. The van der Waals surface area contributed by atoms with E-state index in [4.69, 9.17) is 10.8 Å². The second kappa shape index (κ2) is 4.44. The molecule has 0 bridgehead atoms. The van der Waals surface area contributed by atoms with Gasteiger partial charge in [0.1, 0.15) is 0 Å². The van der Waals surface area contributed by atoms with Crippen LogP contribution in [0.4, 0.5) is 5.95 Å². The summed E-state index contributed by atoms with van der Waals surface area (Å²) in [5.41, 5.74) is 5.95. The molecule has 1 aromatic heterocycles. The fraction of sp³-hybridized carbons (Fsp3) is 0.500. The molecule has 0 aromatic carbocycles. The van der Waals surface area contributed by atoms with Gasteiger partial charge in [-0.05, 0) is 12.8 Å². The number of nitrogens with zero attached hydrogens (tertiary/aromatic N) is 3. The van der Waals surface area contributed by atoms with Crippen molar-refractivity contribution in [3.05, 3.63) is 18.0 Å². The second-order valence-corrected chi connectivity index (χ2v) is 3.93. The maximum Gasteiger partial charge on any atom is 0.338 e.